The first kappa shape index (κ1) is 18.6. The van der Waals surface area contributed by atoms with E-state index in [-0.39, 0.29) is 36.5 Å². The average molecular weight is 391 g/mol. The van der Waals surface area contributed by atoms with Gasteiger partial charge in [-0.2, -0.15) is 0 Å². The van der Waals surface area contributed by atoms with Crippen molar-refractivity contribution < 1.29 is 23.9 Å². The fraction of sp³-hybridized carbons (Fsp3) is 0.312. The summed E-state index contributed by atoms with van der Waals surface area (Å²) in [4.78, 5) is 46.1. The first-order valence-corrected chi connectivity index (χ1v) is 8.84. The lowest BCUT2D eigenvalue weighted by atomic mass is 10.3. The van der Waals surface area contributed by atoms with E-state index in [1.54, 1.807) is 26.0 Å². The Morgan fingerprint density at radius 2 is 2.19 bits per heavy atom. The van der Waals surface area contributed by atoms with Crippen molar-refractivity contribution in [2.75, 3.05) is 35.7 Å². The van der Waals surface area contributed by atoms with E-state index in [9.17, 15) is 14.4 Å². The molecule has 10 nitrogen and oxygen atoms in total. The van der Waals surface area contributed by atoms with Gasteiger partial charge in [0.1, 0.15) is 17.2 Å². The maximum atomic E-state index is 12.4. The number of aryl methyl sites for hydroxylation is 1. The lowest BCUT2D eigenvalue weighted by molar-refractivity contribution is -0.123. The summed E-state index contributed by atoms with van der Waals surface area (Å²) in [6.45, 7) is 3.10. The molecule has 11 heteroatoms. The van der Waals surface area contributed by atoms with Gasteiger partial charge in [-0.15, -0.1) is 0 Å². The molecular weight excluding hydrogens is 374 g/mol. The standard InChI is InChI=1S/C16H17N5O5S/c1-3-25-15(24)13-8(2)18-16(27-13)20-11(22)6-21-12(23)7-26-9-4-5-10(17)19-14(9)21/h4-5H,3,6-7H2,1-2H3,(H2,17,19)(H,18,20,22). The molecule has 0 unspecified atom stereocenters. The minimum Gasteiger partial charge on any atom is -0.480 e. The van der Waals surface area contributed by atoms with Crippen LogP contribution in [0.3, 0.4) is 0 Å². The summed E-state index contributed by atoms with van der Waals surface area (Å²) in [7, 11) is 0. The fourth-order valence-electron chi connectivity index (χ4n) is 2.39. The fourth-order valence-corrected chi connectivity index (χ4v) is 3.27. The molecule has 3 N–H and O–H groups in total. The highest BCUT2D eigenvalue weighted by atomic mass is 32.1. The highest BCUT2D eigenvalue weighted by Crippen LogP contribution is 2.30. The maximum absolute atomic E-state index is 12.4. The van der Waals surface area contributed by atoms with Crippen molar-refractivity contribution >= 4 is 45.9 Å². The number of nitrogens with two attached hydrogens (primary N) is 1. The van der Waals surface area contributed by atoms with E-state index in [0.29, 0.717) is 16.3 Å². The van der Waals surface area contributed by atoms with Crippen molar-refractivity contribution in [1.82, 2.24) is 9.97 Å². The van der Waals surface area contributed by atoms with Crippen molar-refractivity contribution in [3.8, 4) is 5.75 Å². The first-order valence-electron chi connectivity index (χ1n) is 8.03. The number of hydrogen-bond acceptors (Lipinski definition) is 9. The van der Waals surface area contributed by atoms with Gasteiger partial charge in [-0.3, -0.25) is 14.5 Å². The number of pyridine rings is 1. The number of esters is 1. The molecule has 0 aromatic carbocycles. The normalized spacial score (nSPS) is 13.0. The first-order chi connectivity index (χ1) is 12.9. The summed E-state index contributed by atoms with van der Waals surface area (Å²) < 4.78 is 10.2. The van der Waals surface area contributed by atoms with Crippen LogP contribution in [0.15, 0.2) is 12.1 Å². The molecule has 0 fully saturated rings. The molecule has 2 aromatic rings. The smallest absolute Gasteiger partial charge is 0.350 e. The number of fused-ring (bicyclic) bond motifs is 1. The molecule has 27 heavy (non-hydrogen) atoms. The topological polar surface area (TPSA) is 137 Å². The highest BCUT2D eigenvalue weighted by Gasteiger charge is 2.29. The number of amides is 2. The summed E-state index contributed by atoms with van der Waals surface area (Å²) in [6.07, 6.45) is 0. The lowest BCUT2D eigenvalue weighted by Gasteiger charge is -2.27. The van der Waals surface area contributed by atoms with Crippen molar-refractivity contribution in [2.24, 2.45) is 0 Å². The summed E-state index contributed by atoms with van der Waals surface area (Å²) in [5.41, 5.74) is 6.11. The van der Waals surface area contributed by atoms with Gasteiger partial charge in [0.15, 0.2) is 23.3 Å². The molecule has 0 atom stereocenters. The van der Waals surface area contributed by atoms with Crippen LogP contribution in [0.5, 0.6) is 5.75 Å². The number of thiazole rings is 1. The van der Waals surface area contributed by atoms with Crippen LogP contribution in [0.1, 0.15) is 22.3 Å². The second-order valence-corrected chi connectivity index (χ2v) is 6.53. The van der Waals surface area contributed by atoms with Crippen molar-refractivity contribution in [3.05, 3.63) is 22.7 Å². The van der Waals surface area contributed by atoms with Crippen LogP contribution in [0.2, 0.25) is 0 Å². The number of anilines is 3. The molecule has 0 spiro atoms. The summed E-state index contributed by atoms with van der Waals surface area (Å²) in [6, 6.07) is 3.13. The van der Waals surface area contributed by atoms with Gasteiger partial charge in [-0.05, 0) is 26.0 Å². The Morgan fingerprint density at radius 1 is 1.41 bits per heavy atom. The lowest BCUT2D eigenvalue weighted by Crippen LogP contribution is -2.44. The minimum atomic E-state index is -0.496. The largest absolute Gasteiger partial charge is 0.480 e. The maximum Gasteiger partial charge on any atom is 0.350 e. The average Bonchev–Trinajstić information content (AvgIpc) is 2.98. The van der Waals surface area contributed by atoms with E-state index in [1.165, 1.54) is 4.90 Å². The molecular formula is C16H17N5O5S. The third-order valence-electron chi connectivity index (χ3n) is 3.57. The third kappa shape index (κ3) is 3.97. The van der Waals surface area contributed by atoms with Crippen LogP contribution in [0.25, 0.3) is 0 Å². The van der Waals surface area contributed by atoms with Crippen molar-refractivity contribution in [3.63, 3.8) is 0 Å². The Bertz CT molecular complexity index is 913. The molecule has 3 rings (SSSR count). The molecule has 0 saturated heterocycles. The Hall–Kier alpha value is -3.21. The second-order valence-electron chi connectivity index (χ2n) is 5.53. The third-order valence-corrected chi connectivity index (χ3v) is 4.63. The van der Waals surface area contributed by atoms with Crippen LogP contribution in [0.4, 0.5) is 16.8 Å². The van der Waals surface area contributed by atoms with Gasteiger partial charge in [-0.1, -0.05) is 11.3 Å². The van der Waals surface area contributed by atoms with Gasteiger partial charge >= 0.3 is 5.97 Å². The number of nitrogens with one attached hydrogen (secondary N) is 1. The predicted octanol–water partition coefficient (Wildman–Crippen LogP) is 0.970. The molecule has 1 aliphatic heterocycles. The molecule has 2 amide bonds. The van der Waals surface area contributed by atoms with Crippen molar-refractivity contribution in [2.45, 2.75) is 13.8 Å². The molecule has 0 saturated carbocycles. The molecule has 0 aliphatic carbocycles. The number of hydrogen-bond donors (Lipinski definition) is 2. The summed E-state index contributed by atoms with van der Waals surface area (Å²) >= 11 is 1.01. The zero-order valence-electron chi connectivity index (χ0n) is 14.6. The quantitative estimate of drug-likeness (QED) is 0.720. The van der Waals surface area contributed by atoms with Gasteiger partial charge in [0.05, 0.1) is 12.3 Å². The zero-order valence-corrected chi connectivity index (χ0v) is 15.5. The number of ether oxygens (including phenoxy) is 2. The molecule has 142 valence electrons. The zero-order chi connectivity index (χ0) is 19.6. The summed E-state index contributed by atoms with van der Waals surface area (Å²) in [5.74, 6) is -0.657. The molecule has 3 heterocycles. The van der Waals surface area contributed by atoms with Crippen LogP contribution < -0.4 is 20.7 Å². The van der Waals surface area contributed by atoms with E-state index in [1.807, 2.05) is 0 Å². The number of carbonyl (C=O) groups is 3. The van der Waals surface area contributed by atoms with E-state index >= 15 is 0 Å². The Balaban J connectivity index is 1.73. The van der Waals surface area contributed by atoms with E-state index < -0.39 is 17.8 Å². The SMILES string of the molecule is CCOC(=O)c1sc(NC(=O)CN2C(=O)COc3ccc(N)nc32)nc1C. The van der Waals surface area contributed by atoms with Crippen LogP contribution in [0, 0.1) is 6.92 Å². The summed E-state index contributed by atoms with van der Waals surface area (Å²) in [5, 5.41) is 2.82. The van der Waals surface area contributed by atoms with Gasteiger partial charge in [-0.25, -0.2) is 14.8 Å². The monoisotopic (exact) mass is 391 g/mol. The number of aromatic nitrogens is 2. The van der Waals surface area contributed by atoms with Crippen LogP contribution >= 0.6 is 11.3 Å². The molecule has 0 radical (unpaired) electrons. The van der Waals surface area contributed by atoms with Gasteiger partial charge in [0, 0.05) is 0 Å². The molecule has 2 aromatic heterocycles. The Morgan fingerprint density at radius 3 is 2.93 bits per heavy atom. The number of rotatable bonds is 5. The van der Waals surface area contributed by atoms with E-state index in [4.69, 9.17) is 15.2 Å². The van der Waals surface area contributed by atoms with Crippen molar-refractivity contribution in [1.29, 1.82) is 0 Å². The van der Waals surface area contributed by atoms with E-state index in [2.05, 4.69) is 15.3 Å². The Kier molecular flexibility index (Phi) is 5.21. The number of nitrogen functional groups attached to an aromatic ring is 1. The second kappa shape index (κ2) is 7.58. The molecule has 1 aliphatic rings. The van der Waals surface area contributed by atoms with Gasteiger partial charge in [0.25, 0.3) is 5.91 Å². The van der Waals surface area contributed by atoms with Gasteiger partial charge < -0.3 is 20.5 Å². The predicted molar refractivity (Wildman–Crippen MR) is 97.9 cm³/mol. The van der Waals surface area contributed by atoms with Gasteiger partial charge in [0.2, 0.25) is 5.91 Å². The molecule has 0 bridgehead atoms. The van der Waals surface area contributed by atoms with Crippen LogP contribution in [-0.4, -0.2) is 47.5 Å². The Labute approximate surface area is 158 Å². The minimum absolute atomic E-state index is 0.184. The van der Waals surface area contributed by atoms with E-state index in [0.717, 1.165) is 11.3 Å². The number of carbonyl (C=O) groups excluding carboxylic acids is 3. The van der Waals surface area contributed by atoms with Crippen LogP contribution in [-0.2, 0) is 14.3 Å². The highest BCUT2D eigenvalue weighted by molar-refractivity contribution is 7.17. The number of nitrogens with zero attached hydrogens (tertiary/aromatic N) is 3.